The molecule has 2 unspecified atom stereocenters. The van der Waals surface area contributed by atoms with Crippen LogP contribution in [0.3, 0.4) is 0 Å². The number of imidazole rings is 2. The Labute approximate surface area is 404 Å². The number of aromatic nitrogens is 4. The molecule has 376 valence electrons. The summed E-state index contributed by atoms with van der Waals surface area (Å²) in [6.07, 6.45) is -3.19. The quantitative estimate of drug-likeness (QED) is 0.0987. The summed E-state index contributed by atoms with van der Waals surface area (Å²) in [4.78, 5) is 34.1. The predicted molar refractivity (Wildman–Crippen MR) is 255 cm³/mol. The molecule has 2 fully saturated rings. The van der Waals surface area contributed by atoms with E-state index in [4.69, 9.17) is 19.4 Å². The number of rotatable bonds is 10. The third kappa shape index (κ3) is 12.1. The maximum Gasteiger partial charge on any atom is 0.573 e. The summed E-state index contributed by atoms with van der Waals surface area (Å²) in [5.74, 6) is 0.971. The van der Waals surface area contributed by atoms with Crippen molar-refractivity contribution in [1.29, 1.82) is 0 Å². The summed E-state index contributed by atoms with van der Waals surface area (Å²) in [6, 6.07) is 23.1. The fourth-order valence-corrected chi connectivity index (χ4v) is 11.3. The van der Waals surface area contributed by atoms with Gasteiger partial charge in [-0.3, -0.25) is 0 Å². The van der Waals surface area contributed by atoms with Crippen LogP contribution in [0.5, 0.6) is 11.5 Å². The topological polar surface area (TPSA) is 107 Å². The van der Waals surface area contributed by atoms with Crippen molar-refractivity contribution in [3.8, 4) is 11.5 Å². The van der Waals surface area contributed by atoms with E-state index < -0.39 is 24.7 Å². The zero-order valence-electron chi connectivity index (χ0n) is 41.3. The van der Waals surface area contributed by atoms with Crippen molar-refractivity contribution in [3.63, 3.8) is 0 Å². The number of methoxy groups -OCH3 is 2. The average molecular weight is 977 g/mol. The summed E-state index contributed by atoms with van der Waals surface area (Å²) in [6.45, 7) is 17.7. The molecule has 0 spiro atoms. The molecule has 16 heteroatoms. The molecule has 6 atom stereocenters. The van der Waals surface area contributed by atoms with Crippen molar-refractivity contribution in [2.45, 2.75) is 131 Å². The normalized spacial score (nSPS) is 21.0. The third-order valence-corrected chi connectivity index (χ3v) is 13.7. The minimum Gasteiger partial charge on any atom is -0.465 e. The number of alkyl halides is 6. The van der Waals surface area contributed by atoms with Crippen molar-refractivity contribution in [1.82, 2.24) is 19.1 Å². The summed E-state index contributed by atoms with van der Waals surface area (Å²) < 4.78 is 97.9. The van der Waals surface area contributed by atoms with Gasteiger partial charge in [-0.1, -0.05) is 79.7 Å². The average Bonchev–Trinajstić information content (AvgIpc) is 3.85. The van der Waals surface area contributed by atoms with Crippen LogP contribution in [0.4, 0.5) is 26.3 Å². The van der Waals surface area contributed by atoms with Gasteiger partial charge in [0.05, 0.1) is 47.4 Å². The lowest BCUT2D eigenvalue weighted by molar-refractivity contribution is -0.275. The van der Waals surface area contributed by atoms with Gasteiger partial charge in [-0.15, -0.1) is 26.3 Å². The Morgan fingerprint density at radius 1 is 0.571 bits per heavy atom. The molecule has 8 rings (SSSR count). The molecule has 0 radical (unpaired) electrons. The SMILES string of the molecule is COC(=O)c1ccc2c(c1)nc(C(C)c1ccc(OC(F)(F)F)cc1)n2[C@@H]1C[C@H](C)CC(C)(C)C1.COC(=O)c1ccc2c(c1)nc(C(C)c1ccc(OC(F)(F)F)cc1)n2[C@H]1C[C@@H](C)CC(C)(C)C1. The number of esters is 2. The molecule has 0 saturated heterocycles. The Morgan fingerprint density at radius 2 is 0.914 bits per heavy atom. The van der Waals surface area contributed by atoms with Crippen LogP contribution in [0.15, 0.2) is 84.9 Å². The van der Waals surface area contributed by atoms with Gasteiger partial charge in [0.2, 0.25) is 0 Å². The van der Waals surface area contributed by atoms with Gasteiger partial charge in [-0.2, -0.15) is 0 Å². The number of carbonyl (C=O) groups is 2. The highest BCUT2D eigenvalue weighted by atomic mass is 19.4. The fraction of sp³-hybridized carbons (Fsp3) is 0.481. The molecular weight excluding hydrogens is 915 g/mol. The van der Waals surface area contributed by atoms with Crippen LogP contribution < -0.4 is 9.47 Å². The molecule has 2 aromatic heterocycles. The van der Waals surface area contributed by atoms with Gasteiger partial charge >= 0.3 is 24.7 Å². The smallest absolute Gasteiger partial charge is 0.465 e. The van der Waals surface area contributed by atoms with E-state index >= 15 is 0 Å². The van der Waals surface area contributed by atoms with E-state index in [0.29, 0.717) is 34.0 Å². The Kier molecular flexibility index (Phi) is 14.8. The Morgan fingerprint density at radius 3 is 1.21 bits per heavy atom. The van der Waals surface area contributed by atoms with Gasteiger partial charge < -0.3 is 28.1 Å². The molecule has 2 aliphatic carbocycles. The highest BCUT2D eigenvalue weighted by molar-refractivity contribution is 5.94. The summed E-state index contributed by atoms with van der Waals surface area (Å²) in [5, 5.41) is 0. The highest BCUT2D eigenvalue weighted by Crippen LogP contribution is 2.48. The lowest BCUT2D eigenvalue weighted by atomic mass is 9.70. The molecule has 2 saturated carbocycles. The molecule has 0 N–H and O–H groups in total. The number of nitrogens with zero attached hydrogens (tertiary/aromatic N) is 4. The highest BCUT2D eigenvalue weighted by Gasteiger charge is 2.38. The van der Waals surface area contributed by atoms with Crippen molar-refractivity contribution in [3.05, 3.63) is 119 Å². The van der Waals surface area contributed by atoms with Crippen molar-refractivity contribution >= 4 is 34.0 Å². The standard InChI is InChI=1S/2C27H31F3N2O3/c2*1-16-12-20(15-26(3,4)14-16)32-23-11-8-19(25(33)34-5)13-22(23)31-24(32)17(2)18-6-9-21(10-7-18)35-27(28,29)30/h2*6-11,13,16-17,20H,12,14-15H2,1-5H3/t2*16-,17?,20+/m10/s1. The lowest BCUT2D eigenvalue weighted by Gasteiger charge is -2.40. The maximum absolute atomic E-state index is 12.6. The molecule has 4 aromatic carbocycles. The molecule has 6 aromatic rings. The number of hydrogen-bond donors (Lipinski definition) is 0. The van der Waals surface area contributed by atoms with Crippen LogP contribution in [0.25, 0.3) is 22.1 Å². The first kappa shape index (κ1) is 51.8. The lowest BCUT2D eigenvalue weighted by Crippen LogP contribution is -2.30. The molecule has 0 aliphatic heterocycles. The number of carbonyl (C=O) groups excluding carboxylic acids is 2. The van der Waals surface area contributed by atoms with E-state index in [1.165, 1.54) is 38.5 Å². The largest absolute Gasteiger partial charge is 0.573 e. The van der Waals surface area contributed by atoms with E-state index in [0.717, 1.165) is 72.3 Å². The van der Waals surface area contributed by atoms with Crippen LogP contribution in [-0.4, -0.2) is 58.0 Å². The van der Waals surface area contributed by atoms with Crippen LogP contribution in [0.1, 0.15) is 161 Å². The second-order valence-electron chi connectivity index (χ2n) is 20.9. The van der Waals surface area contributed by atoms with Crippen LogP contribution in [0, 0.1) is 22.7 Å². The summed E-state index contributed by atoms with van der Waals surface area (Å²) in [7, 11) is 2.69. The van der Waals surface area contributed by atoms with E-state index in [2.05, 4.69) is 60.2 Å². The van der Waals surface area contributed by atoms with Gasteiger partial charge in [-0.05, 0) is 133 Å². The van der Waals surface area contributed by atoms with Gasteiger partial charge in [0.15, 0.2) is 0 Å². The van der Waals surface area contributed by atoms with E-state index in [1.54, 1.807) is 48.5 Å². The first-order valence-corrected chi connectivity index (χ1v) is 23.7. The first-order valence-electron chi connectivity index (χ1n) is 23.7. The maximum atomic E-state index is 12.6. The molecule has 70 heavy (non-hydrogen) atoms. The Bertz CT molecular complexity index is 2620. The molecular formula is C54H62F6N4O6. The molecule has 2 aliphatic rings. The predicted octanol–water partition coefficient (Wildman–Crippen LogP) is 14.5. The molecule has 0 amide bonds. The van der Waals surface area contributed by atoms with Crippen molar-refractivity contribution in [2.24, 2.45) is 22.7 Å². The van der Waals surface area contributed by atoms with Crippen molar-refractivity contribution in [2.75, 3.05) is 14.2 Å². The van der Waals surface area contributed by atoms with E-state index in [1.807, 2.05) is 26.0 Å². The Hall–Kier alpha value is -6.06. The minimum absolute atomic E-state index is 0.169. The van der Waals surface area contributed by atoms with Crippen LogP contribution in [-0.2, 0) is 9.47 Å². The van der Waals surface area contributed by atoms with Gasteiger partial charge in [0.25, 0.3) is 0 Å². The first-order chi connectivity index (χ1) is 32.7. The summed E-state index contributed by atoms with van der Waals surface area (Å²) in [5.41, 5.74) is 6.11. The van der Waals surface area contributed by atoms with Gasteiger partial charge in [0, 0.05) is 23.9 Å². The minimum atomic E-state index is -4.73. The van der Waals surface area contributed by atoms with Crippen LogP contribution >= 0.6 is 0 Å². The number of benzene rings is 4. The van der Waals surface area contributed by atoms with Crippen molar-refractivity contribution < 1.29 is 54.9 Å². The van der Waals surface area contributed by atoms with Gasteiger partial charge in [0.1, 0.15) is 23.1 Å². The zero-order chi connectivity index (χ0) is 51.1. The molecule has 10 nitrogen and oxygen atoms in total. The summed E-state index contributed by atoms with van der Waals surface area (Å²) >= 11 is 0. The number of ether oxygens (including phenoxy) is 4. The Balaban J connectivity index is 0.000000206. The number of hydrogen-bond acceptors (Lipinski definition) is 8. The molecule has 0 bridgehead atoms. The fourth-order valence-electron chi connectivity index (χ4n) is 11.3. The van der Waals surface area contributed by atoms with Gasteiger partial charge in [-0.25, -0.2) is 19.6 Å². The third-order valence-electron chi connectivity index (χ3n) is 13.7. The number of fused-ring (bicyclic) bond motifs is 2. The van der Waals surface area contributed by atoms with E-state index in [-0.39, 0.29) is 46.2 Å². The molecule has 2 heterocycles. The monoisotopic (exact) mass is 976 g/mol. The van der Waals surface area contributed by atoms with E-state index in [9.17, 15) is 35.9 Å². The number of halogens is 6. The zero-order valence-corrected chi connectivity index (χ0v) is 41.3. The second kappa shape index (κ2) is 20.0. The second-order valence-corrected chi connectivity index (χ2v) is 20.9. The van der Waals surface area contributed by atoms with Crippen LogP contribution in [0.2, 0.25) is 0 Å².